The van der Waals surface area contributed by atoms with Gasteiger partial charge in [-0.3, -0.25) is 14.6 Å². The molecule has 0 aliphatic rings. The van der Waals surface area contributed by atoms with E-state index in [2.05, 4.69) is 15.6 Å². The highest BCUT2D eigenvalue weighted by Crippen LogP contribution is 2.29. The van der Waals surface area contributed by atoms with Gasteiger partial charge in [0.1, 0.15) is 5.82 Å². The first-order valence-electron chi connectivity index (χ1n) is 9.32. The molecule has 4 rings (SSSR count). The van der Waals surface area contributed by atoms with Crippen LogP contribution in [-0.2, 0) is 0 Å². The van der Waals surface area contributed by atoms with Crippen molar-refractivity contribution in [2.75, 3.05) is 12.4 Å². The number of benzene rings is 3. The second-order valence-corrected chi connectivity index (χ2v) is 6.75. The normalized spacial score (nSPS) is 10.6. The van der Waals surface area contributed by atoms with Crippen molar-refractivity contribution in [3.8, 4) is 11.1 Å². The molecule has 6 heteroatoms. The van der Waals surface area contributed by atoms with Gasteiger partial charge in [-0.2, -0.15) is 0 Å². The summed E-state index contributed by atoms with van der Waals surface area (Å²) >= 11 is 0. The lowest BCUT2D eigenvalue weighted by molar-refractivity contribution is 0.0961. The molecule has 0 fully saturated rings. The highest BCUT2D eigenvalue weighted by atomic mass is 19.1. The lowest BCUT2D eigenvalue weighted by Crippen LogP contribution is -2.18. The summed E-state index contributed by atoms with van der Waals surface area (Å²) in [6.45, 7) is 0. The Bertz CT molecular complexity index is 1270. The lowest BCUT2D eigenvalue weighted by atomic mass is 9.98. The third-order valence-corrected chi connectivity index (χ3v) is 4.76. The van der Waals surface area contributed by atoms with Gasteiger partial charge in [-0.25, -0.2) is 4.39 Å². The molecule has 148 valence electrons. The number of hydrogen-bond donors (Lipinski definition) is 2. The van der Waals surface area contributed by atoms with Crippen LogP contribution < -0.4 is 10.6 Å². The van der Waals surface area contributed by atoms with E-state index in [1.165, 1.54) is 19.2 Å². The summed E-state index contributed by atoms with van der Waals surface area (Å²) in [5, 5.41) is 7.10. The van der Waals surface area contributed by atoms with Gasteiger partial charge in [0.25, 0.3) is 11.8 Å². The van der Waals surface area contributed by atoms with Gasteiger partial charge in [-0.05, 0) is 59.0 Å². The number of pyridine rings is 1. The molecule has 0 saturated heterocycles. The molecule has 3 aromatic carbocycles. The second-order valence-electron chi connectivity index (χ2n) is 6.75. The zero-order valence-electron chi connectivity index (χ0n) is 16.1. The predicted molar refractivity (Wildman–Crippen MR) is 115 cm³/mol. The lowest BCUT2D eigenvalue weighted by Gasteiger charge is -2.10. The summed E-state index contributed by atoms with van der Waals surface area (Å²) in [6.07, 6.45) is 3.42. The van der Waals surface area contributed by atoms with Crippen molar-refractivity contribution in [1.82, 2.24) is 10.3 Å². The van der Waals surface area contributed by atoms with Gasteiger partial charge in [0.15, 0.2) is 0 Å². The topological polar surface area (TPSA) is 71.1 Å². The molecule has 0 atom stereocenters. The fourth-order valence-electron chi connectivity index (χ4n) is 3.33. The molecule has 2 amide bonds. The Morgan fingerprint density at radius 1 is 0.900 bits per heavy atom. The van der Waals surface area contributed by atoms with Crippen molar-refractivity contribution in [1.29, 1.82) is 0 Å². The van der Waals surface area contributed by atoms with E-state index in [9.17, 15) is 14.0 Å². The number of fused-ring (bicyclic) bond motifs is 1. The Labute approximate surface area is 172 Å². The van der Waals surface area contributed by atoms with Crippen LogP contribution in [-0.4, -0.2) is 23.8 Å². The average Bonchev–Trinajstić information content (AvgIpc) is 2.78. The molecular formula is C24H18FN3O2. The van der Waals surface area contributed by atoms with E-state index in [0.29, 0.717) is 16.8 Å². The maximum atomic E-state index is 14.4. The van der Waals surface area contributed by atoms with E-state index in [0.717, 1.165) is 16.3 Å². The van der Waals surface area contributed by atoms with E-state index in [1.54, 1.807) is 42.7 Å². The molecule has 30 heavy (non-hydrogen) atoms. The quantitative estimate of drug-likeness (QED) is 0.525. The van der Waals surface area contributed by atoms with Gasteiger partial charge >= 0.3 is 0 Å². The van der Waals surface area contributed by atoms with Crippen molar-refractivity contribution < 1.29 is 14.0 Å². The number of carbonyl (C=O) groups is 2. The van der Waals surface area contributed by atoms with E-state index in [-0.39, 0.29) is 11.5 Å². The zero-order valence-corrected chi connectivity index (χ0v) is 16.1. The van der Waals surface area contributed by atoms with Crippen molar-refractivity contribution in [3.63, 3.8) is 0 Å². The summed E-state index contributed by atoms with van der Waals surface area (Å²) < 4.78 is 14.4. The maximum absolute atomic E-state index is 14.4. The van der Waals surface area contributed by atoms with Crippen LogP contribution in [0.5, 0.6) is 0 Å². The van der Waals surface area contributed by atoms with Crippen LogP contribution in [0.25, 0.3) is 21.9 Å². The minimum atomic E-state index is -0.516. The Morgan fingerprint density at radius 3 is 2.57 bits per heavy atom. The number of nitrogens with one attached hydrogen (secondary N) is 2. The van der Waals surface area contributed by atoms with Crippen LogP contribution in [0.15, 0.2) is 79.1 Å². The van der Waals surface area contributed by atoms with Crippen LogP contribution in [0.4, 0.5) is 10.1 Å². The van der Waals surface area contributed by atoms with Crippen molar-refractivity contribution in [2.24, 2.45) is 0 Å². The highest BCUT2D eigenvalue weighted by Gasteiger charge is 2.13. The smallest absolute Gasteiger partial charge is 0.255 e. The minimum Gasteiger partial charge on any atom is -0.355 e. The first kappa shape index (κ1) is 19.3. The molecule has 4 aromatic rings. The fraction of sp³-hybridized carbons (Fsp3) is 0.0417. The number of rotatable bonds is 4. The Hall–Kier alpha value is -4.06. The van der Waals surface area contributed by atoms with E-state index in [4.69, 9.17) is 0 Å². The monoisotopic (exact) mass is 399 g/mol. The SMILES string of the molecule is CNC(=O)c1cccc(NC(=O)c2cc(F)cc(-c3cccc4ccncc34)c2)c1. The number of amides is 2. The van der Waals surface area contributed by atoms with Gasteiger partial charge in [-0.15, -0.1) is 0 Å². The molecule has 0 unspecified atom stereocenters. The number of aromatic nitrogens is 1. The molecule has 0 radical (unpaired) electrons. The third-order valence-electron chi connectivity index (χ3n) is 4.76. The van der Waals surface area contributed by atoms with Crippen LogP contribution >= 0.6 is 0 Å². The number of nitrogens with zero attached hydrogens (tertiary/aromatic N) is 1. The largest absolute Gasteiger partial charge is 0.355 e. The third kappa shape index (κ3) is 3.89. The predicted octanol–water partition coefficient (Wildman–Crippen LogP) is 4.65. The second kappa shape index (κ2) is 8.13. The molecular weight excluding hydrogens is 381 g/mol. The fourth-order valence-corrected chi connectivity index (χ4v) is 3.33. The Balaban J connectivity index is 1.68. The Kier molecular flexibility index (Phi) is 5.22. The van der Waals surface area contributed by atoms with Crippen LogP contribution in [0.2, 0.25) is 0 Å². The van der Waals surface area contributed by atoms with Crippen molar-refractivity contribution in [3.05, 3.63) is 96.1 Å². The van der Waals surface area contributed by atoms with Crippen LogP contribution in [0.1, 0.15) is 20.7 Å². The van der Waals surface area contributed by atoms with Gasteiger partial charge in [-0.1, -0.05) is 24.3 Å². The minimum absolute atomic E-state index is 0.177. The van der Waals surface area contributed by atoms with E-state index >= 15 is 0 Å². The number of anilines is 1. The number of hydrogen-bond acceptors (Lipinski definition) is 3. The first-order valence-corrected chi connectivity index (χ1v) is 9.32. The summed E-state index contributed by atoms with van der Waals surface area (Å²) in [4.78, 5) is 28.7. The zero-order chi connectivity index (χ0) is 21.1. The summed E-state index contributed by atoms with van der Waals surface area (Å²) in [5.41, 5.74) is 2.41. The van der Waals surface area contributed by atoms with Gasteiger partial charge in [0.05, 0.1) is 0 Å². The average molecular weight is 399 g/mol. The molecule has 0 spiro atoms. The molecule has 0 aliphatic carbocycles. The maximum Gasteiger partial charge on any atom is 0.255 e. The van der Waals surface area contributed by atoms with Crippen LogP contribution in [0.3, 0.4) is 0 Å². The molecule has 2 N–H and O–H groups in total. The highest BCUT2D eigenvalue weighted by molar-refractivity contribution is 6.06. The molecule has 0 saturated carbocycles. The van der Waals surface area contributed by atoms with Crippen molar-refractivity contribution in [2.45, 2.75) is 0 Å². The Morgan fingerprint density at radius 2 is 1.73 bits per heavy atom. The van der Waals surface area contributed by atoms with Gasteiger partial charge < -0.3 is 10.6 Å². The van der Waals surface area contributed by atoms with Gasteiger partial charge in [0, 0.05) is 41.6 Å². The summed E-state index contributed by atoms with van der Waals surface area (Å²) in [6, 6.07) is 18.3. The van der Waals surface area contributed by atoms with Gasteiger partial charge in [0.2, 0.25) is 0 Å². The molecule has 0 bridgehead atoms. The molecule has 5 nitrogen and oxygen atoms in total. The van der Waals surface area contributed by atoms with E-state index in [1.807, 2.05) is 24.3 Å². The molecule has 1 aromatic heterocycles. The number of carbonyl (C=O) groups excluding carboxylic acids is 2. The summed E-state index contributed by atoms with van der Waals surface area (Å²) in [5.74, 6) is -1.25. The summed E-state index contributed by atoms with van der Waals surface area (Å²) in [7, 11) is 1.53. The standard InChI is InChI=1S/C24H18FN3O2/c1-26-23(29)16-5-2-6-20(13-16)28-24(30)18-10-17(11-19(25)12-18)21-7-3-4-15-8-9-27-14-22(15)21/h2-14H,1H3,(H,26,29)(H,28,30). The number of halogens is 1. The first-order chi connectivity index (χ1) is 14.5. The molecule has 1 heterocycles. The molecule has 0 aliphatic heterocycles. The van der Waals surface area contributed by atoms with E-state index < -0.39 is 11.7 Å². The van der Waals surface area contributed by atoms with Crippen LogP contribution in [0, 0.1) is 5.82 Å². The van der Waals surface area contributed by atoms with Crippen molar-refractivity contribution >= 4 is 28.3 Å².